The molecule has 21 heavy (non-hydrogen) atoms. The van der Waals surface area contributed by atoms with Gasteiger partial charge in [0.05, 0.1) is 6.10 Å². The molecule has 0 heterocycles. The summed E-state index contributed by atoms with van der Waals surface area (Å²) in [5.41, 5.74) is 3.49. The van der Waals surface area contributed by atoms with Crippen molar-refractivity contribution in [1.82, 2.24) is 0 Å². The molecule has 0 aromatic heterocycles. The Labute approximate surface area is 128 Å². The van der Waals surface area contributed by atoms with Crippen LogP contribution in [0.1, 0.15) is 69.6 Å². The van der Waals surface area contributed by atoms with Gasteiger partial charge in [0.1, 0.15) is 0 Å². The largest absolute Gasteiger partial charge is 0.388 e. The monoisotopic (exact) mass is 284 g/mol. The maximum absolute atomic E-state index is 11.2. The van der Waals surface area contributed by atoms with Crippen LogP contribution in [0.15, 0.2) is 24.3 Å². The Hall–Kier alpha value is -0.820. The summed E-state index contributed by atoms with van der Waals surface area (Å²) in [6.07, 6.45) is 7.57. The van der Waals surface area contributed by atoms with Gasteiger partial charge in [0.15, 0.2) is 0 Å². The lowest BCUT2D eigenvalue weighted by atomic mass is 9.39. The van der Waals surface area contributed by atoms with Crippen LogP contribution < -0.4 is 0 Å². The number of benzene rings is 1. The zero-order chi connectivity index (χ0) is 14.9. The van der Waals surface area contributed by atoms with Gasteiger partial charge in [-0.1, -0.05) is 43.7 Å². The average molecular weight is 284 g/mol. The second-order valence-corrected chi connectivity index (χ2v) is 9.31. The number of rotatable bonds is 2. The molecule has 1 nitrogen and oxygen atoms in total. The Kier molecular flexibility index (Phi) is 2.72. The van der Waals surface area contributed by atoms with Gasteiger partial charge >= 0.3 is 0 Å². The Bertz CT molecular complexity index is 540. The first-order valence-corrected chi connectivity index (χ1v) is 8.56. The first-order chi connectivity index (χ1) is 9.82. The van der Waals surface area contributed by atoms with Crippen molar-refractivity contribution in [2.45, 2.75) is 65.4 Å². The van der Waals surface area contributed by atoms with E-state index in [0.717, 1.165) is 11.5 Å². The van der Waals surface area contributed by atoms with E-state index in [-0.39, 0.29) is 11.5 Å². The minimum absolute atomic E-state index is 0.137. The molecule has 0 aliphatic heterocycles. The predicted molar refractivity (Wildman–Crippen MR) is 86.0 cm³/mol. The number of hydrogen-bond acceptors (Lipinski definition) is 1. The summed E-state index contributed by atoms with van der Waals surface area (Å²) in [6, 6.07) is 8.57. The van der Waals surface area contributed by atoms with E-state index in [4.69, 9.17) is 0 Å². The maximum Gasteiger partial charge on any atom is 0.0846 e. The zero-order valence-electron chi connectivity index (χ0n) is 13.7. The van der Waals surface area contributed by atoms with Gasteiger partial charge in [-0.2, -0.15) is 0 Å². The van der Waals surface area contributed by atoms with Crippen LogP contribution in [0.2, 0.25) is 0 Å². The van der Waals surface area contributed by atoms with E-state index in [9.17, 15) is 5.11 Å². The number of aliphatic hydroxyl groups is 1. The molecule has 0 spiro atoms. The third kappa shape index (κ3) is 2.08. The molecule has 1 aromatic carbocycles. The van der Waals surface area contributed by atoms with Gasteiger partial charge in [0.2, 0.25) is 0 Å². The molecule has 1 heteroatoms. The summed E-state index contributed by atoms with van der Waals surface area (Å²) in [7, 11) is 0. The van der Waals surface area contributed by atoms with Gasteiger partial charge in [0, 0.05) is 5.41 Å². The van der Waals surface area contributed by atoms with E-state index in [1.165, 1.54) is 44.1 Å². The normalized spacial score (nSPS) is 45.8. The summed E-state index contributed by atoms with van der Waals surface area (Å²) in [5.74, 6) is 0.844. The maximum atomic E-state index is 11.2. The van der Waals surface area contributed by atoms with E-state index in [1.807, 2.05) is 0 Å². The molecule has 114 valence electrons. The zero-order valence-corrected chi connectivity index (χ0v) is 13.7. The first-order valence-electron chi connectivity index (χ1n) is 8.56. The van der Waals surface area contributed by atoms with E-state index < -0.39 is 0 Å². The molecule has 4 fully saturated rings. The molecule has 4 bridgehead atoms. The summed E-state index contributed by atoms with van der Waals surface area (Å²) in [5, 5.41) is 11.2. The van der Waals surface area contributed by atoms with Crippen molar-refractivity contribution < 1.29 is 5.11 Å². The average Bonchev–Trinajstić information content (AvgIpc) is 2.34. The molecule has 5 rings (SSSR count). The standard InChI is InChI=1S/C20H28O/c1-14-4-6-16(7-5-14)17(21)20-10-15-8-18(2,12-20)11-19(3,9-15)13-20/h4-7,15,17,21H,8-13H2,1-3H3. The number of aliphatic hydroxyl groups excluding tert-OH is 1. The molecule has 0 radical (unpaired) electrons. The van der Waals surface area contributed by atoms with Crippen molar-refractivity contribution in [3.63, 3.8) is 0 Å². The highest BCUT2D eigenvalue weighted by Gasteiger charge is 2.62. The van der Waals surface area contributed by atoms with Crippen LogP contribution in [-0.2, 0) is 0 Å². The number of aryl methyl sites for hydroxylation is 1. The fraction of sp³-hybridized carbons (Fsp3) is 0.700. The molecular formula is C20H28O. The Morgan fingerprint density at radius 3 is 2.05 bits per heavy atom. The molecule has 0 saturated heterocycles. The summed E-state index contributed by atoms with van der Waals surface area (Å²) >= 11 is 0. The van der Waals surface area contributed by atoms with Gasteiger partial charge < -0.3 is 5.11 Å². The lowest BCUT2D eigenvalue weighted by molar-refractivity contribution is -0.187. The smallest absolute Gasteiger partial charge is 0.0846 e. The van der Waals surface area contributed by atoms with Crippen molar-refractivity contribution in [2.75, 3.05) is 0 Å². The van der Waals surface area contributed by atoms with Crippen LogP contribution in [0.25, 0.3) is 0 Å². The van der Waals surface area contributed by atoms with Crippen LogP contribution in [0.5, 0.6) is 0 Å². The summed E-state index contributed by atoms with van der Waals surface area (Å²) in [6.45, 7) is 7.07. The van der Waals surface area contributed by atoms with Crippen LogP contribution >= 0.6 is 0 Å². The molecule has 4 saturated carbocycles. The molecular weight excluding hydrogens is 256 g/mol. The van der Waals surface area contributed by atoms with Crippen molar-refractivity contribution in [1.29, 1.82) is 0 Å². The first kappa shape index (κ1) is 13.8. The van der Waals surface area contributed by atoms with Gasteiger partial charge in [-0.3, -0.25) is 0 Å². The highest BCUT2D eigenvalue weighted by atomic mass is 16.3. The fourth-order valence-electron chi connectivity index (χ4n) is 6.94. The fourth-order valence-corrected chi connectivity index (χ4v) is 6.94. The summed E-state index contributed by atoms with van der Waals surface area (Å²) in [4.78, 5) is 0. The Morgan fingerprint density at radius 2 is 1.52 bits per heavy atom. The molecule has 3 atom stereocenters. The molecule has 3 unspecified atom stereocenters. The van der Waals surface area contributed by atoms with Crippen molar-refractivity contribution >= 4 is 0 Å². The minimum Gasteiger partial charge on any atom is -0.388 e. The third-order valence-corrected chi connectivity index (χ3v) is 6.64. The van der Waals surface area contributed by atoms with Gasteiger partial charge in [-0.15, -0.1) is 0 Å². The van der Waals surface area contributed by atoms with E-state index in [0.29, 0.717) is 10.8 Å². The van der Waals surface area contributed by atoms with Gasteiger partial charge in [0.25, 0.3) is 0 Å². The van der Waals surface area contributed by atoms with E-state index in [2.05, 4.69) is 45.0 Å². The molecule has 4 aliphatic carbocycles. The van der Waals surface area contributed by atoms with Crippen LogP contribution in [0.3, 0.4) is 0 Å². The quantitative estimate of drug-likeness (QED) is 0.808. The number of hydrogen-bond donors (Lipinski definition) is 1. The van der Waals surface area contributed by atoms with Crippen molar-refractivity contribution in [2.24, 2.45) is 22.2 Å². The molecule has 1 N–H and O–H groups in total. The second kappa shape index (κ2) is 4.13. The minimum atomic E-state index is -0.278. The highest BCUT2D eigenvalue weighted by molar-refractivity contribution is 5.26. The van der Waals surface area contributed by atoms with Crippen LogP contribution in [0.4, 0.5) is 0 Å². The topological polar surface area (TPSA) is 20.2 Å². The van der Waals surface area contributed by atoms with Gasteiger partial charge in [-0.05, 0) is 67.8 Å². The second-order valence-electron chi connectivity index (χ2n) is 9.31. The van der Waals surface area contributed by atoms with E-state index >= 15 is 0 Å². The Morgan fingerprint density at radius 1 is 0.952 bits per heavy atom. The predicted octanol–water partition coefficient (Wildman–Crippen LogP) is 5.03. The van der Waals surface area contributed by atoms with E-state index in [1.54, 1.807) is 0 Å². The molecule has 4 aliphatic rings. The van der Waals surface area contributed by atoms with Crippen molar-refractivity contribution in [3.8, 4) is 0 Å². The van der Waals surface area contributed by atoms with Gasteiger partial charge in [-0.25, -0.2) is 0 Å². The van der Waals surface area contributed by atoms with Crippen LogP contribution in [-0.4, -0.2) is 5.11 Å². The molecule has 1 aromatic rings. The summed E-state index contributed by atoms with van der Waals surface area (Å²) < 4.78 is 0. The SMILES string of the molecule is Cc1ccc(C(O)C23CC4CC(C)(CC(C)(C4)C2)C3)cc1. The Balaban J connectivity index is 1.72. The molecule has 0 amide bonds. The lowest BCUT2D eigenvalue weighted by Gasteiger charge is -2.66. The highest BCUT2D eigenvalue weighted by Crippen LogP contribution is 2.72. The van der Waals surface area contributed by atoms with Crippen molar-refractivity contribution in [3.05, 3.63) is 35.4 Å². The van der Waals surface area contributed by atoms with Crippen LogP contribution in [0, 0.1) is 29.1 Å². The lowest BCUT2D eigenvalue weighted by Crippen LogP contribution is -2.56. The third-order valence-electron chi connectivity index (χ3n) is 6.64.